The second kappa shape index (κ2) is 4.26. The summed E-state index contributed by atoms with van der Waals surface area (Å²) in [6.45, 7) is 4.15. The fourth-order valence-electron chi connectivity index (χ4n) is 1.53. The number of hydrogen-bond acceptors (Lipinski definition) is 4. The first-order chi connectivity index (χ1) is 6.74. The van der Waals surface area contributed by atoms with Gasteiger partial charge in [0.1, 0.15) is 5.82 Å². The van der Waals surface area contributed by atoms with Crippen LogP contribution in [0.3, 0.4) is 0 Å². The lowest BCUT2D eigenvalue weighted by Gasteiger charge is -2.11. The summed E-state index contributed by atoms with van der Waals surface area (Å²) in [6.07, 6.45) is 5.52. The number of nitrogens with zero attached hydrogens (tertiary/aromatic N) is 2. The van der Waals surface area contributed by atoms with Crippen LogP contribution in [0.15, 0.2) is 0 Å². The molecule has 0 radical (unpaired) electrons. The van der Waals surface area contributed by atoms with E-state index in [0.717, 1.165) is 16.9 Å². The third-order valence-corrected chi connectivity index (χ3v) is 3.34. The van der Waals surface area contributed by atoms with Gasteiger partial charge in [0, 0.05) is 17.6 Å². The molecular formula is C10H17N3S. The Morgan fingerprint density at radius 2 is 2.36 bits per heavy atom. The second-order valence-corrected chi connectivity index (χ2v) is 4.96. The van der Waals surface area contributed by atoms with Gasteiger partial charge in [0.2, 0.25) is 5.13 Å². The lowest BCUT2D eigenvalue weighted by molar-refractivity contribution is 0.610. The molecule has 1 aliphatic carbocycles. The first-order valence-electron chi connectivity index (χ1n) is 5.31. The molecule has 0 bridgehead atoms. The molecule has 1 fully saturated rings. The molecule has 0 amide bonds. The third kappa shape index (κ3) is 2.94. The molecule has 1 heterocycles. The van der Waals surface area contributed by atoms with E-state index in [1.807, 2.05) is 6.92 Å². The molecule has 1 aliphatic rings. The molecule has 78 valence electrons. The normalized spacial score (nSPS) is 18.1. The summed E-state index contributed by atoms with van der Waals surface area (Å²) >= 11 is 1.46. The Morgan fingerprint density at radius 3 is 2.93 bits per heavy atom. The lowest BCUT2D eigenvalue weighted by Crippen LogP contribution is -2.14. The maximum atomic E-state index is 4.29. The zero-order chi connectivity index (χ0) is 9.97. The van der Waals surface area contributed by atoms with Gasteiger partial charge in [0.15, 0.2) is 0 Å². The fourth-order valence-corrected chi connectivity index (χ4v) is 2.22. The Balaban J connectivity index is 1.72. The van der Waals surface area contributed by atoms with Crippen molar-refractivity contribution < 1.29 is 0 Å². The Hall–Kier alpha value is -0.640. The summed E-state index contributed by atoms with van der Waals surface area (Å²) < 4.78 is 4.15. The van der Waals surface area contributed by atoms with Crippen molar-refractivity contribution in [2.75, 3.05) is 5.32 Å². The smallest absolute Gasteiger partial charge is 0.202 e. The molecule has 3 nitrogen and oxygen atoms in total. The van der Waals surface area contributed by atoms with Crippen molar-refractivity contribution in [1.82, 2.24) is 9.36 Å². The summed E-state index contributed by atoms with van der Waals surface area (Å²) in [7, 11) is 0. The van der Waals surface area contributed by atoms with Gasteiger partial charge in [-0.1, -0.05) is 12.8 Å². The molecule has 4 heteroatoms. The number of rotatable bonds is 5. The Morgan fingerprint density at radius 1 is 1.57 bits per heavy atom. The highest BCUT2D eigenvalue weighted by atomic mass is 32.1. The van der Waals surface area contributed by atoms with Crippen LogP contribution in [-0.2, 0) is 0 Å². The highest BCUT2D eigenvalue weighted by Gasteiger charge is 2.21. The van der Waals surface area contributed by atoms with E-state index >= 15 is 0 Å². The van der Waals surface area contributed by atoms with Gasteiger partial charge in [-0.15, -0.1) is 0 Å². The summed E-state index contributed by atoms with van der Waals surface area (Å²) in [4.78, 5) is 4.29. The first-order valence-corrected chi connectivity index (χ1v) is 6.08. The van der Waals surface area contributed by atoms with E-state index in [2.05, 4.69) is 21.6 Å². The number of anilines is 1. The van der Waals surface area contributed by atoms with Crippen LogP contribution in [0.4, 0.5) is 5.13 Å². The van der Waals surface area contributed by atoms with Crippen LogP contribution in [0, 0.1) is 12.8 Å². The van der Waals surface area contributed by atoms with Gasteiger partial charge >= 0.3 is 0 Å². The van der Waals surface area contributed by atoms with E-state index in [1.165, 1.54) is 37.2 Å². The number of hydrogen-bond donors (Lipinski definition) is 1. The van der Waals surface area contributed by atoms with E-state index in [4.69, 9.17) is 0 Å². The molecule has 0 spiro atoms. The van der Waals surface area contributed by atoms with E-state index < -0.39 is 0 Å². The Kier molecular flexibility index (Phi) is 3.01. The van der Waals surface area contributed by atoms with E-state index in [-0.39, 0.29) is 0 Å². The maximum absolute atomic E-state index is 4.29. The first kappa shape index (κ1) is 9.90. The quantitative estimate of drug-likeness (QED) is 0.813. The number of aryl methyl sites for hydroxylation is 1. The zero-order valence-electron chi connectivity index (χ0n) is 8.79. The standard InChI is InChI=1S/C10H17N3S/c1-7(3-4-9-5-6-9)11-10-12-8(2)13-14-10/h7,9H,3-6H2,1-2H3,(H,11,12,13). The minimum absolute atomic E-state index is 0.531. The minimum Gasteiger partial charge on any atom is -0.358 e. The predicted octanol–water partition coefficient (Wildman–Crippen LogP) is 2.84. The van der Waals surface area contributed by atoms with E-state index in [0.29, 0.717) is 6.04 Å². The zero-order valence-corrected chi connectivity index (χ0v) is 9.60. The van der Waals surface area contributed by atoms with Crippen LogP contribution in [0.1, 0.15) is 38.4 Å². The lowest BCUT2D eigenvalue weighted by atomic mass is 10.1. The predicted molar refractivity (Wildman–Crippen MR) is 59.7 cm³/mol. The van der Waals surface area contributed by atoms with Crippen molar-refractivity contribution >= 4 is 16.7 Å². The number of aromatic nitrogens is 2. The van der Waals surface area contributed by atoms with Crippen LogP contribution < -0.4 is 5.32 Å². The Labute approximate surface area is 89.1 Å². The minimum atomic E-state index is 0.531. The van der Waals surface area contributed by atoms with Crippen molar-refractivity contribution in [3.05, 3.63) is 5.82 Å². The second-order valence-electron chi connectivity index (χ2n) is 4.21. The molecule has 14 heavy (non-hydrogen) atoms. The monoisotopic (exact) mass is 211 g/mol. The van der Waals surface area contributed by atoms with Crippen molar-refractivity contribution in [3.8, 4) is 0 Å². The molecule has 1 atom stereocenters. The van der Waals surface area contributed by atoms with Crippen LogP contribution in [0.2, 0.25) is 0 Å². The topological polar surface area (TPSA) is 37.8 Å². The van der Waals surface area contributed by atoms with E-state index in [9.17, 15) is 0 Å². The van der Waals surface area contributed by atoms with Crippen LogP contribution in [-0.4, -0.2) is 15.4 Å². The maximum Gasteiger partial charge on any atom is 0.202 e. The summed E-state index contributed by atoms with van der Waals surface area (Å²) in [5.74, 6) is 1.89. The van der Waals surface area contributed by atoms with Gasteiger partial charge in [-0.05, 0) is 32.6 Å². The third-order valence-electron chi connectivity index (χ3n) is 2.60. The van der Waals surface area contributed by atoms with Crippen LogP contribution in [0.25, 0.3) is 0 Å². The van der Waals surface area contributed by atoms with Gasteiger partial charge in [0.05, 0.1) is 0 Å². The van der Waals surface area contributed by atoms with E-state index in [1.54, 1.807) is 0 Å². The molecule has 0 aromatic carbocycles. The molecular weight excluding hydrogens is 194 g/mol. The fraction of sp³-hybridized carbons (Fsp3) is 0.800. The largest absolute Gasteiger partial charge is 0.358 e. The molecule has 1 unspecified atom stereocenters. The molecule has 1 aromatic heterocycles. The van der Waals surface area contributed by atoms with Crippen LogP contribution in [0.5, 0.6) is 0 Å². The Bertz CT molecular complexity index is 293. The van der Waals surface area contributed by atoms with Gasteiger partial charge < -0.3 is 5.32 Å². The molecule has 1 N–H and O–H groups in total. The number of nitrogens with one attached hydrogen (secondary N) is 1. The van der Waals surface area contributed by atoms with Crippen molar-refractivity contribution in [2.24, 2.45) is 5.92 Å². The average Bonchev–Trinajstić information content (AvgIpc) is 2.88. The summed E-state index contributed by atoms with van der Waals surface area (Å²) in [6, 6.07) is 0.531. The van der Waals surface area contributed by atoms with Crippen molar-refractivity contribution in [1.29, 1.82) is 0 Å². The molecule has 2 rings (SSSR count). The van der Waals surface area contributed by atoms with Gasteiger partial charge in [-0.2, -0.15) is 4.37 Å². The molecule has 0 aliphatic heterocycles. The van der Waals surface area contributed by atoms with Gasteiger partial charge in [-0.3, -0.25) is 0 Å². The molecule has 1 aromatic rings. The summed E-state index contributed by atoms with van der Waals surface area (Å²) in [5, 5.41) is 4.35. The van der Waals surface area contributed by atoms with Crippen LogP contribution >= 0.6 is 11.5 Å². The van der Waals surface area contributed by atoms with Gasteiger partial charge in [-0.25, -0.2) is 4.98 Å². The highest BCUT2D eigenvalue weighted by molar-refractivity contribution is 7.09. The highest BCUT2D eigenvalue weighted by Crippen LogP contribution is 2.34. The van der Waals surface area contributed by atoms with Gasteiger partial charge in [0.25, 0.3) is 0 Å². The SMILES string of the molecule is Cc1nsc(NC(C)CCC2CC2)n1. The van der Waals surface area contributed by atoms with Crippen molar-refractivity contribution in [3.63, 3.8) is 0 Å². The average molecular weight is 211 g/mol. The summed E-state index contributed by atoms with van der Waals surface area (Å²) in [5.41, 5.74) is 0. The molecule has 1 saturated carbocycles. The van der Waals surface area contributed by atoms with Crippen molar-refractivity contribution in [2.45, 2.75) is 45.6 Å². The molecule has 0 saturated heterocycles.